The van der Waals surface area contributed by atoms with Crippen LogP contribution in [0.3, 0.4) is 0 Å². The van der Waals surface area contributed by atoms with E-state index in [0.29, 0.717) is 10.8 Å². The second kappa shape index (κ2) is 2.77. The van der Waals surface area contributed by atoms with Gasteiger partial charge in [0.05, 0.1) is 0 Å². The smallest absolute Gasteiger partial charge is 0.0295 e. The number of rotatable bonds is 0. The predicted octanol–water partition coefficient (Wildman–Crippen LogP) is 4.35. The molecule has 0 amide bonds. The van der Waals surface area contributed by atoms with E-state index in [4.69, 9.17) is 0 Å². The average Bonchev–Trinajstić information content (AvgIpc) is 2.01. The van der Waals surface area contributed by atoms with Crippen molar-refractivity contribution in [2.45, 2.75) is 54.4 Å². The van der Waals surface area contributed by atoms with Gasteiger partial charge in [-0.2, -0.15) is 0 Å². The van der Waals surface area contributed by atoms with Crippen LogP contribution < -0.4 is 0 Å². The van der Waals surface area contributed by atoms with Crippen molar-refractivity contribution in [3.63, 3.8) is 0 Å². The molecule has 2 unspecified atom stereocenters. The van der Waals surface area contributed by atoms with Crippen LogP contribution in [-0.4, -0.2) is 0 Å². The molecule has 0 aromatic heterocycles. The SMILES string of the molecule is C[C@H]1C(C(C)(C)C)CC2C[C@@H]1C2(C)C. The summed E-state index contributed by atoms with van der Waals surface area (Å²) in [6.07, 6.45) is 2.99. The highest BCUT2D eigenvalue weighted by molar-refractivity contribution is 5.06. The maximum Gasteiger partial charge on any atom is -0.0295 e. The molecule has 3 fully saturated rings. The molecule has 2 bridgehead atoms. The fourth-order valence-electron chi connectivity index (χ4n) is 4.29. The molecule has 0 saturated heterocycles. The standard InChI is InChI=1S/C14H26/c1-9-11(13(2,3)4)7-10-8-12(9)14(10,5)6/h9-12H,7-8H2,1-6H3/t9-,10?,11?,12-/m0/s1. The number of hydrogen-bond acceptors (Lipinski definition) is 0. The zero-order valence-electron chi connectivity index (χ0n) is 10.7. The Labute approximate surface area is 89.5 Å². The minimum absolute atomic E-state index is 0.521. The first-order valence-electron chi connectivity index (χ1n) is 6.24. The summed E-state index contributed by atoms with van der Waals surface area (Å²) in [5, 5.41) is 0. The molecule has 0 nitrogen and oxygen atoms in total. The van der Waals surface area contributed by atoms with Crippen LogP contribution >= 0.6 is 0 Å². The maximum absolute atomic E-state index is 2.50. The highest BCUT2D eigenvalue weighted by Gasteiger charge is 2.57. The number of fused-ring (bicyclic) bond motifs is 2. The molecule has 0 aliphatic heterocycles. The summed E-state index contributed by atoms with van der Waals surface area (Å²) in [6, 6.07) is 0. The Hall–Kier alpha value is 0. The van der Waals surface area contributed by atoms with E-state index in [-0.39, 0.29) is 0 Å². The van der Waals surface area contributed by atoms with Gasteiger partial charge in [0.15, 0.2) is 0 Å². The van der Waals surface area contributed by atoms with Crippen LogP contribution in [0.1, 0.15) is 54.4 Å². The molecule has 0 radical (unpaired) electrons. The third kappa shape index (κ3) is 1.26. The fourth-order valence-corrected chi connectivity index (χ4v) is 4.29. The van der Waals surface area contributed by atoms with E-state index in [1.807, 2.05) is 0 Å². The van der Waals surface area contributed by atoms with Gasteiger partial charge in [0.2, 0.25) is 0 Å². The van der Waals surface area contributed by atoms with E-state index in [0.717, 1.165) is 23.7 Å². The summed E-state index contributed by atoms with van der Waals surface area (Å²) in [5.74, 6) is 3.92. The van der Waals surface area contributed by atoms with Crippen LogP contribution in [0.15, 0.2) is 0 Å². The van der Waals surface area contributed by atoms with Crippen molar-refractivity contribution in [1.29, 1.82) is 0 Å². The second-order valence-electron chi connectivity index (χ2n) is 7.43. The Morgan fingerprint density at radius 1 is 1.07 bits per heavy atom. The Kier molecular flexibility index (Phi) is 2.08. The highest BCUT2D eigenvalue weighted by Crippen LogP contribution is 2.65. The molecule has 0 heterocycles. The summed E-state index contributed by atoms with van der Waals surface area (Å²) < 4.78 is 0. The molecule has 4 atom stereocenters. The molecule has 14 heavy (non-hydrogen) atoms. The van der Waals surface area contributed by atoms with Crippen molar-refractivity contribution >= 4 is 0 Å². The van der Waals surface area contributed by atoms with Gasteiger partial charge in [-0.3, -0.25) is 0 Å². The monoisotopic (exact) mass is 194 g/mol. The normalized spacial score (nSPS) is 45.9. The van der Waals surface area contributed by atoms with Gasteiger partial charge in [-0.15, -0.1) is 0 Å². The topological polar surface area (TPSA) is 0 Å². The van der Waals surface area contributed by atoms with Gasteiger partial charge < -0.3 is 0 Å². The molecule has 82 valence electrons. The zero-order valence-corrected chi connectivity index (χ0v) is 10.7. The van der Waals surface area contributed by atoms with Crippen molar-refractivity contribution in [2.24, 2.45) is 34.5 Å². The lowest BCUT2D eigenvalue weighted by atomic mass is 9.41. The van der Waals surface area contributed by atoms with E-state index in [2.05, 4.69) is 41.5 Å². The van der Waals surface area contributed by atoms with Gasteiger partial charge in [-0.25, -0.2) is 0 Å². The Morgan fingerprint density at radius 2 is 1.64 bits per heavy atom. The van der Waals surface area contributed by atoms with Gasteiger partial charge in [0.25, 0.3) is 0 Å². The van der Waals surface area contributed by atoms with E-state index >= 15 is 0 Å². The third-order valence-electron chi connectivity index (χ3n) is 5.47. The molecule has 0 aromatic carbocycles. The highest BCUT2D eigenvalue weighted by atomic mass is 14.6. The minimum atomic E-state index is 0.521. The lowest BCUT2D eigenvalue weighted by Gasteiger charge is -2.64. The molecule has 3 aliphatic rings. The van der Waals surface area contributed by atoms with Crippen molar-refractivity contribution in [2.75, 3.05) is 0 Å². The van der Waals surface area contributed by atoms with Crippen LogP contribution in [0.5, 0.6) is 0 Å². The van der Waals surface area contributed by atoms with Crippen molar-refractivity contribution in [3.05, 3.63) is 0 Å². The molecule has 3 aliphatic carbocycles. The van der Waals surface area contributed by atoms with Gasteiger partial charge in [-0.05, 0) is 47.3 Å². The zero-order chi connectivity index (χ0) is 10.7. The Morgan fingerprint density at radius 3 is 2.00 bits per heavy atom. The van der Waals surface area contributed by atoms with Crippen LogP contribution in [-0.2, 0) is 0 Å². The van der Waals surface area contributed by atoms with Gasteiger partial charge in [-0.1, -0.05) is 41.5 Å². The summed E-state index contributed by atoms with van der Waals surface area (Å²) in [5.41, 5.74) is 1.17. The molecule has 0 spiro atoms. The second-order valence-corrected chi connectivity index (χ2v) is 7.43. The lowest BCUT2D eigenvalue weighted by Crippen LogP contribution is -2.57. The Bertz CT molecular complexity index is 231. The largest absolute Gasteiger partial charge is 0.0619 e. The lowest BCUT2D eigenvalue weighted by molar-refractivity contribution is -0.150. The summed E-state index contributed by atoms with van der Waals surface area (Å²) >= 11 is 0. The molecule has 0 aromatic rings. The first-order valence-corrected chi connectivity index (χ1v) is 6.24. The number of hydrogen-bond donors (Lipinski definition) is 0. The quantitative estimate of drug-likeness (QED) is 0.538. The predicted molar refractivity (Wildman–Crippen MR) is 62.1 cm³/mol. The maximum atomic E-state index is 2.50. The first kappa shape index (κ1) is 10.5. The summed E-state index contributed by atoms with van der Waals surface area (Å²) in [7, 11) is 0. The average molecular weight is 194 g/mol. The van der Waals surface area contributed by atoms with Gasteiger partial charge in [0, 0.05) is 0 Å². The first-order chi connectivity index (χ1) is 6.24. The molecule has 3 rings (SSSR count). The van der Waals surface area contributed by atoms with Crippen LogP contribution in [0.25, 0.3) is 0 Å². The molecular formula is C14H26. The van der Waals surface area contributed by atoms with Crippen molar-refractivity contribution in [1.82, 2.24) is 0 Å². The molecule has 0 heteroatoms. The van der Waals surface area contributed by atoms with Crippen LogP contribution in [0.4, 0.5) is 0 Å². The van der Waals surface area contributed by atoms with Gasteiger partial charge >= 0.3 is 0 Å². The van der Waals surface area contributed by atoms with E-state index in [1.54, 1.807) is 0 Å². The molecule has 3 saturated carbocycles. The van der Waals surface area contributed by atoms with Crippen molar-refractivity contribution in [3.8, 4) is 0 Å². The minimum Gasteiger partial charge on any atom is -0.0619 e. The summed E-state index contributed by atoms with van der Waals surface area (Å²) in [6.45, 7) is 14.7. The van der Waals surface area contributed by atoms with E-state index in [1.165, 1.54) is 12.8 Å². The van der Waals surface area contributed by atoms with Crippen LogP contribution in [0, 0.1) is 34.5 Å². The van der Waals surface area contributed by atoms with Gasteiger partial charge in [0.1, 0.15) is 0 Å². The summed E-state index contributed by atoms with van der Waals surface area (Å²) in [4.78, 5) is 0. The van der Waals surface area contributed by atoms with Crippen LogP contribution in [0.2, 0.25) is 0 Å². The molecule has 0 N–H and O–H groups in total. The molecular weight excluding hydrogens is 168 g/mol. The Balaban J connectivity index is 2.16. The van der Waals surface area contributed by atoms with Crippen molar-refractivity contribution < 1.29 is 0 Å². The fraction of sp³-hybridized carbons (Fsp3) is 1.00. The van der Waals surface area contributed by atoms with E-state index < -0.39 is 0 Å². The van der Waals surface area contributed by atoms with E-state index in [9.17, 15) is 0 Å². The third-order valence-corrected chi connectivity index (χ3v) is 5.47.